The highest BCUT2D eigenvalue weighted by molar-refractivity contribution is 7.98. The highest BCUT2D eigenvalue weighted by Gasteiger charge is 2.30. The van der Waals surface area contributed by atoms with Gasteiger partial charge >= 0.3 is 6.18 Å². The number of aryl methyl sites for hydroxylation is 1. The Labute approximate surface area is 147 Å². The van der Waals surface area contributed by atoms with Gasteiger partial charge in [-0.25, -0.2) is 4.98 Å². The van der Waals surface area contributed by atoms with Crippen molar-refractivity contribution in [2.45, 2.75) is 36.8 Å². The van der Waals surface area contributed by atoms with Crippen LogP contribution in [0.15, 0.2) is 29.4 Å². The monoisotopic (exact) mass is 375 g/mol. The number of thioether (sulfide) groups is 1. The number of halogens is 4. The molecule has 0 radical (unpaired) electrons. The van der Waals surface area contributed by atoms with Gasteiger partial charge in [-0.05, 0) is 36.8 Å². The minimum Gasteiger partial charge on any atom is -0.319 e. The van der Waals surface area contributed by atoms with Gasteiger partial charge in [0.2, 0.25) is 0 Å². The maximum absolute atomic E-state index is 12.6. The maximum Gasteiger partial charge on any atom is 0.416 e. The van der Waals surface area contributed by atoms with Crippen molar-refractivity contribution in [2.24, 2.45) is 0 Å². The summed E-state index contributed by atoms with van der Waals surface area (Å²) >= 11 is 7.84. The van der Waals surface area contributed by atoms with Crippen LogP contribution < -0.4 is 5.32 Å². The van der Waals surface area contributed by atoms with Gasteiger partial charge in [-0.15, -0.1) is 0 Å². The van der Waals surface area contributed by atoms with E-state index in [1.807, 2.05) is 6.26 Å². The zero-order valence-electron chi connectivity index (χ0n) is 13.0. The van der Waals surface area contributed by atoms with Crippen LogP contribution in [0.3, 0.4) is 0 Å². The van der Waals surface area contributed by atoms with Gasteiger partial charge in [-0.2, -0.15) is 13.2 Å². The predicted octanol–water partition coefficient (Wildman–Crippen LogP) is 4.55. The molecular formula is C16H17ClF3N3S. The third-order valence-corrected chi connectivity index (χ3v) is 5.12. The van der Waals surface area contributed by atoms with E-state index in [0.717, 1.165) is 48.1 Å². The number of nitrogens with zero attached hydrogens (tertiary/aromatic N) is 2. The number of nitrogens with one attached hydrogen (secondary N) is 1. The Morgan fingerprint density at radius 3 is 2.67 bits per heavy atom. The first-order valence-corrected chi connectivity index (χ1v) is 9.20. The Kier molecular flexibility index (Phi) is 5.13. The first-order valence-electron chi connectivity index (χ1n) is 7.59. The molecule has 0 aliphatic carbocycles. The molecule has 1 aliphatic rings. The summed E-state index contributed by atoms with van der Waals surface area (Å²) in [5.41, 5.74) is 1.23. The quantitative estimate of drug-likeness (QED) is 0.795. The number of fused-ring (bicyclic) bond motifs is 1. The molecule has 3 nitrogen and oxygen atoms in total. The molecule has 1 aliphatic heterocycles. The van der Waals surface area contributed by atoms with E-state index >= 15 is 0 Å². The van der Waals surface area contributed by atoms with Gasteiger partial charge in [0.1, 0.15) is 0 Å². The molecule has 0 bridgehead atoms. The van der Waals surface area contributed by atoms with Crippen LogP contribution in [0.4, 0.5) is 13.2 Å². The summed E-state index contributed by atoms with van der Waals surface area (Å²) < 4.78 is 39.9. The normalized spacial score (nSPS) is 17.8. The van der Waals surface area contributed by atoms with Gasteiger partial charge in [-0.3, -0.25) is 0 Å². The second-order valence-electron chi connectivity index (χ2n) is 5.67. The Hall–Kier alpha value is -1.18. The van der Waals surface area contributed by atoms with Crippen molar-refractivity contribution in [1.29, 1.82) is 0 Å². The number of rotatable bonds is 4. The number of hydrogen-bond acceptors (Lipinski definition) is 3. The molecule has 1 aromatic carbocycles. The van der Waals surface area contributed by atoms with Crippen molar-refractivity contribution in [3.05, 3.63) is 46.2 Å². The van der Waals surface area contributed by atoms with Crippen molar-refractivity contribution in [3.63, 3.8) is 0 Å². The second kappa shape index (κ2) is 6.98. The van der Waals surface area contributed by atoms with E-state index in [1.54, 1.807) is 11.8 Å². The molecule has 1 aromatic heterocycles. The van der Waals surface area contributed by atoms with Crippen LogP contribution in [0.25, 0.3) is 0 Å². The summed E-state index contributed by atoms with van der Waals surface area (Å²) in [6.07, 6.45) is -0.903. The zero-order valence-corrected chi connectivity index (χ0v) is 14.6. The van der Waals surface area contributed by atoms with E-state index in [2.05, 4.69) is 14.9 Å². The average Bonchev–Trinajstić information content (AvgIpc) is 2.89. The fourth-order valence-corrected chi connectivity index (χ4v) is 3.93. The Bertz CT molecular complexity index is 713. The lowest BCUT2D eigenvalue weighted by Gasteiger charge is -2.26. The summed E-state index contributed by atoms with van der Waals surface area (Å²) in [5.74, 6) is 0. The molecule has 1 N–H and O–H groups in total. The van der Waals surface area contributed by atoms with Crippen LogP contribution in [0.2, 0.25) is 5.15 Å². The topological polar surface area (TPSA) is 29.9 Å². The van der Waals surface area contributed by atoms with Crippen LogP contribution in [0.1, 0.15) is 29.3 Å². The second-order valence-corrected chi connectivity index (χ2v) is 6.80. The third-order valence-electron chi connectivity index (χ3n) is 4.17. The Morgan fingerprint density at radius 2 is 2.04 bits per heavy atom. The fourth-order valence-electron chi connectivity index (χ4n) is 2.98. The van der Waals surface area contributed by atoms with Crippen LogP contribution in [-0.2, 0) is 19.1 Å². The lowest BCUT2D eigenvalue weighted by molar-refractivity contribution is -0.137. The van der Waals surface area contributed by atoms with Gasteiger partial charge < -0.3 is 9.88 Å². The van der Waals surface area contributed by atoms with Gasteiger partial charge in [0, 0.05) is 13.1 Å². The smallest absolute Gasteiger partial charge is 0.319 e. The number of benzene rings is 1. The van der Waals surface area contributed by atoms with Gasteiger partial charge in [0.05, 0.1) is 17.3 Å². The van der Waals surface area contributed by atoms with Gasteiger partial charge in [0.25, 0.3) is 0 Å². The van der Waals surface area contributed by atoms with E-state index in [0.29, 0.717) is 11.6 Å². The maximum atomic E-state index is 12.6. The van der Waals surface area contributed by atoms with Crippen LogP contribution in [-0.4, -0.2) is 22.4 Å². The van der Waals surface area contributed by atoms with Crippen molar-refractivity contribution in [2.75, 3.05) is 12.8 Å². The van der Waals surface area contributed by atoms with Crippen molar-refractivity contribution < 1.29 is 13.2 Å². The molecule has 0 amide bonds. The first kappa shape index (κ1) is 17.6. The van der Waals surface area contributed by atoms with E-state index in [4.69, 9.17) is 11.6 Å². The summed E-state index contributed by atoms with van der Waals surface area (Å²) in [7, 11) is 0. The van der Waals surface area contributed by atoms with E-state index < -0.39 is 11.7 Å². The first-order chi connectivity index (χ1) is 11.4. The third kappa shape index (κ3) is 3.58. The molecule has 1 atom stereocenters. The minimum atomic E-state index is -4.29. The van der Waals surface area contributed by atoms with Crippen molar-refractivity contribution in [3.8, 4) is 0 Å². The molecule has 1 unspecified atom stereocenters. The minimum absolute atomic E-state index is 0.0574. The molecule has 0 saturated heterocycles. The highest BCUT2D eigenvalue weighted by atomic mass is 35.5. The average molecular weight is 376 g/mol. The lowest BCUT2D eigenvalue weighted by atomic mass is 10.0. The molecule has 2 heterocycles. The molecule has 0 fully saturated rings. The molecule has 0 saturated carbocycles. The molecular weight excluding hydrogens is 359 g/mol. The van der Waals surface area contributed by atoms with E-state index in [1.165, 1.54) is 12.1 Å². The molecule has 0 spiro atoms. The Morgan fingerprint density at radius 1 is 1.33 bits per heavy atom. The van der Waals surface area contributed by atoms with Crippen molar-refractivity contribution >= 4 is 23.4 Å². The molecule has 8 heteroatoms. The SMILES string of the molecule is CSc1nc(Cl)c2n1CCNC2CCc1ccc(C(F)(F)F)cc1. The van der Waals surface area contributed by atoms with Crippen LogP contribution >= 0.6 is 23.4 Å². The zero-order chi connectivity index (χ0) is 17.3. The summed E-state index contributed by atoms with van der Waals surface area (Å²) in [4.78, 5) is 4.38. The Balaban J connectivity index is 1.71. The number of alkyl halides is 3. The summed E-state index contributed by atoms with van der Waals surface area (Å²) in [6, 6.07) is 5.40. The van der Waals surface area contributed by atoms with Crippen LogP contribution in [0, 0.1) is 0 Å². The number of imidazole rings is 1. The number of aromatic nitrogens is 2. The lowest BCUT2D eigenvalue weighted by Crippen LogP contribution is -2.33. The summed E-state index contributed by atoms with van der Waals surface area (Å²) in [6.45, 7) is 1.65. The molecule has 130 valence electrons. The largest absolute Gasteiger partial charge is 0.416 e. The molecule has 2 aromatic rings. The van der Waals surface area contributed by atoms with Gasteiger partial charge in [-0.1, -0.05) is 35.5 Å². The molecule has 24 heavy (non-hydrogen) atoms. The van der Waals surface area contributed by atoms with Crippen molar-refractivity contribution in [1.82, 2.24) is 14.9 Å². The highest BCUT2D eigenvalue weighted by Crippen LogP contribution is 2.33. The summed E-state index contributed by atoms with van der Waals surface area (Å²) in [5, 5.41) is 4.83. The number of hydrogen-bond donors (Lipinski definition) is 1. The fraction of sp³-hybridized carbons (Fsp3) is 0.438. The predicted molar refractivity (Wildman–Crippen MR) is 89.5 cm³/mol. The van der Waals surface area contributed by atoms with E-state index in [-0.39, 0.29) is 6.04 Å². The molecule has 3 rings (SSSR count). The van der Waals surface area contributed by atoms with Gasteiger partial charge in [0.15, 0.2) is 10.3 Å². The van der Waals surface area contributed by atoms with E-state index in [9.17, 15) is 13.2 Å². The standard InChI is InChI=1S/C16H17ClF3N3S/c1-24-15-22-14(17)13-12(21-8-9-23(13)15)7-4-10-2-5-11(6-3-10)16(18,19)20/h2-3,5-6,12,21H,4,7-9H2,1H3. The van der Waals surface area contributed by atoms with Crippen LogP contribution in [0.5, 0.6) is 0 Å².